The second-order valence-corrected chi connectivity index (χ2v) is 3.76. The van der Waals surface area contributed by atoms with Gasteiger partial charge in [0.15, 0.2) is 0 Å². The van der Waals surface area contributed by atoms with Crippen molar-refractivity contribution in [3.05, 3.63) is 33.0 Å². The average molecular weight is 266 g/mol. The van der Waals surface area contributed by atoms with Crippen molar-refractivity contribution in [3.63, 3.8) is 0 Å². The number of carbonyl (C=O) groups is 1. The highest BCUT2D eigenvalue weighted by atomic mass is 79.9. The molecule has 0 spiro atoms. The first-order chi connectivity index (χ1) is 6.16. The second kappa shape index (κ2) is 4.72. The fourth-order valence-electron chi connectivity index (χ4n) is 1.00. The van der Waals surface area contributed by atoms with Gasteiger partial charge < -0.3 is 4.79 Å². The van der Waals surface area contributed by atoms with Crippen LogP contribution in [0, 0.1) is 5.82 Å². The van der Waals surface area contributed by atoms with Crippen LogP contribution in [0.5, 0.6) is 0 Å². The maximum absolute atomic E-state index is 13.1. The highest BCUT2D eigenvalue weighted by molar-refractivity contribution is 9.10. The van der Waals surface area contributed by atoms with Crippen molar-refractivity contribution in [2.75, 3.05) is 0 Å². The highest BCUT2D eigenvalue weighted by Gasteiger charge is 2.09. The zero-order valence-electron chi connectivity index (χ0n) is 6.69. The molecule has 4 heteroatoms. The molecule has 0 bridgehead atoms. The number of hydrogen-bond donors (Lipinski definition) is 0. The monoisotopic (exact) mass is 264 g/mol. The Morgan fingerprint density at radius 3 is 2.85 bits per heavy atom. The smallest absolute Gasteiger partial charge is 0.127 e. The summed E-state index contributed by atoms with van der Waals surface area (Å²) in [7, 11) is 0. The lowest BCUT2D eigenvalue weighted by atomic mass is 10.1. The van der Waals surface area contributed by atoms with Gasteiger partial charge in [0.1, 0.15) is 12.1 Å². The van der Waals surface area contributed by atoms with E-state index in [0.29, 0.717) is 21.5 Å². The van der Waals surface area contributed by atoms with Crippen molar-refractivity contribution in [1.29, 1.82) is 0 Å². The Kier molecular flexibility index (Phi) is 3.88. The summed E-state index contributed by atoms with van der Waals surface area (Å²) >= 11 is 9.02. The molecular weight excluding hydrogens is 258 g/mol. The van der Waals surface area contributed by atoms with Crippen molar-refractivity contribution in [1.82, 2.24) is 0 Å². The van der Waals surface area contributed by atoms with E-state index in [0.717, 1.165) is 6.29 Å². The van der Waals surface area contributed by atoms with Crippen molar-refractivity contribution < 1.29 is 9.18 Å². The third-order valence-electron chi connectivity index (χ3n) is 1.65. The first-order valence-electron chi connectivity index (χ1n) is 3.73. The molecule has 0 radical (unpaired) electrons. The van der Waals surface area contributed by atoms with Crippen LogP contribution < -0.4 is 0 Å². The number of carbonyl (C=O) groups excluding carboxylic acids is 1. The first kappa shape index (κ1) is 10.7. The molecule has 0 N–H and O–H groups in total. The predicted octanol–water partition coefficient (Wildman–Crippen LogP) is 3.37. The van der Waals surface area contributed by atoms with Gasteiger partial charge in [0.05, 0.1) is 5.02 Å². The molecule has 1 rings (SSSR count). The summed E-state index contributed by atoms with van der Waals surface area (Å²) in [5, 5.41) is 0.349. The summed E-state index contributed by atoms with van der Waals surface area (Å²) in [6.07, 6.45) is 1.37. The average Bonchev–Trinajstić information content (AvgIpc) is 2.12. The summed E-state index contributed by atoms with van der Waals surface area (Å²) in [5.41, 5.74) is 0.392. The van der Waals surface area contributed by atoms with Gasteiger partial charge in [-0.1, -0.05) is 11.6 Å². The van der Waals surface area contributed by atoms with E-state index < -0.39 is 0 Å². The van der Waals surface area contributed by atoms with Crippen LogP contribution in [0.3, 0.4) is 0 Å². The summed E-state index contributed by atoms with van der Waals surface area (Å²) < 4.78 is 13.8. The molecular formula is C9H7BrClFO. The molecule has 0 saturated carbocycles. The number of halogens is 3. The van der Waals surface area contributed by atoms with Crippen LogP contribution in [0.2, 0.25) is 5.02 Å². The Morgan fingerprint density at radius 2 is 2.23 bits per heavy atom. The van der Waals surface area contributed by atoms with Gasteiger partial charge in [0, 0.05) is 16.5 Å². The molecule has 0 aliphatic rings. The third kappa shape index (κ3) is 2.51. The minimum Gasteiger partial charge on any atom is -0.303 e. The van der Waals surface area contributed by atoms with Gasteiger partial charge in [-0.3, -0.25) is 0 Å². The second-order valence-electron chi connectivity index (χ2n) is 2.53. The van der Waals surface area contributed by atoms with E-state index in [4.69, 9.17) is 11.6 Å². The molecule has 0 aliphatic heterocycles. The van der Waals surface area contributed by atoms with E-state index in [2.05, 4.69) is 15.9 Å². The Hall–Kier alpha value is -0.410. The van der Waals surface area contributed by atoms with Gasteiger partial charge >= 0.3 is 0 Å². The molecule has 1 aromatic rings. The molecule has 0 saturated heterocycles. The molecule has 0 aromatic heterocycles. The minimum absolute atomic E-state index is 0.285. The van der Waals surface area contributed by atoms with Crippen LogP contribution in [0.4, 0.5) is 4.39 Å². The maximum atomic E-state index is 13.1. The van der Waals surface area contributed by atoms with Crippen LogP contribution in [-0.2, 0) is 11.2 Å². The van der Waals surface area contributed by atoms with E-state index in [-0.39, 0.29) is 12.2 Å². The molecule has 0 aliphatic carbocycles. The molecule has 0 unspecified atom stereocenters. The minimum atomic E-state index is -0.366. The number of rotatable bonds is 3. The van der Waals surface area contributed by atoms with Gasteiger partial charge in [0.25, 0.3) is 0 Å². The van der Waals surface area contributed by atoms with E-state index in [1.165, 1.54) is 6.07 Å². The third-order valence-corrected chi connectivity index (χ3v) is 2.97. The lowest BCUT2D eigenvalue weighted by Gasteiger charge is -2.04. The number of hydrogen-bond acceptors (Lipinski definition) is 1. The standard InChI is InChI=1S/C9H7BrClFO/c10-7-3-4-8(12)6(9(7)11)2-1-5-13/h3-5H,1-2H2. The summed E-state index contributed by atoms with van der Waals surface area (Å²) in [6, 6.07) is 2.87. The van der Waals surface area contributed by atoms with Crippen molar-refractivity contribution in [2.45, 2.75) is 12.8 Å². The fraction of sp³-hybridized carbons (Fsp3) is 0.222. The molecule has 0 amide bonds. The van der Waals surface area contributed by atoms with Gasteiger partial charge in [-0.05, 0) is 34.5 Å². The lowest BCUT2D eigenvalue weighted by Crippen LogP contribution is -1.93. The van der Waals surface area contributed by atoms with Gasteiger partial charge in [0.2, 0.25) is 0 Å². The van der Waals surface area contributed by atoms with Gasteiger partial charge in [-0.2, -0.15) is 0 Å². The Labute approximate surface area is 89.0 Å². The van der Waals surface area contributed by atoms with Gasteiger partial charge in [-0.15, -0.1) is 0 Å². The molecule has 1 aromatic carbocycles. The quantitative estimate of drug-likeness (QED) is 0.605. The molecule has 0 fully saturated rings. The van der Waals surface area contributed by atoms with Crippen molar-refractivity contribution >= 4 is 33.8 Å². The number of benzene rings is 1. The summed E-state index contributed by atoms with van der Waals surface area (Å²) in [5.74, 6) is -0.366. The maximum Gasteiger partial charge on any atom is 0.127 e. The number of aldehydes is 1. The highest BCUT2D eigenvalue weighted by Crippen LogP contribution is 2.28. The van der Waals surface area contributed by atoms with Crippen molar-refractivity contribution in [2.24, 2.45) is 0 Å². The summed E-state index contributed by atoms with van der Waals surface area (Å²) in [4.78, 5) is 10.1. The van der Waals surface area contributed by atoms with Crippen LogP contribution in [0.25, 0.3) is 0 Å². The zero-order chi connectivity index (χ0) is 9.84. The molecule has 0 heterocycles. The van der Waals surface area contributed by atoms with Crippen LogP contribution in [0.15, 0.2) is 16.6 Å². The van der Waals surface area contributed by atoms with E-state index in [9.17, 15) is 9.18 Å². The Bertz CT molecular complexity index is 328. The molecule has 70 valence electrons. The topological polar surface area (TPSA) is 17.1 Å². The zero-order valence-corrected chi connectivity index (χ0v) is 9.03. The predicted molar refractivity (Wildman–Crippen MR) is 53.5 cm³/mol. The normalized spacial score (nSPS) is 10.1. The molecule has 13 heavy (non-hydrogen) atoms. The van der Waals surface area contributed by atoms with Crippen LogP contribution in [0.1, 0.15) is 12.0 Å². The Balaban J connectivity index is 3.02. The first-order valence-corrected chi connectivity index (χ1v) is 4.90. The van der Waals surface area contributed by atoms with E-state index in [1.54, 1.807) is 6.07 Å². The lowest BCUT2D eigenvalue weighted by molar-refractivity contribution is -0.107. The Morgan fingerprint density at radius 1 is 1.54 bits per heavy atom. The fourth-order valence-corrected chi connectivity index (χ4v) is 1.62. The SMILES string of the molecule is O=CCCc1c(F)ccc(Br)c1Cl. The van der Waals surface area contributed by atoms with Crippen LogP contribution >= 0.6 is 27.5 Å². The van der Waals surface area contributed by atoms with E-state index in [1.807, 2.05) is 0 Å². The van der Waals surface area contributed by atoms with Crippen LogP contribution in [-0.4, -0.2) is 6.29 Å². The van der Waals surface area contributed by atoms with Crippen molar-refractivity contribution in [3.8, 4) is 0 Å². The molecule has 0 atom stereocenters. The van der Waals surface area contributed by atoms with Gasteiger partial charge in [-0.25, -0.2) is 4.39 Å². The summed E-state index contributed by atoms with van der Waals surface area (Å²) in [6.45, 7) is 0. The molecule has 1 nitrogen and oxygen atoms in total. The van der Waals surface area contributed by atoms with E-state index >= 15 is 0 Å². The largest absolute Gasteiger partial charge is 0.303 e.